The van der Waals surface area contributed by atoms with Crippen molar-refractivity contribution in [2.24, 2.45) is 0 Å². The predicted molar refractivity (Wildman–Crippen MR) is 93.5 cm³/mol. The molecule has 1 saturated heterocycles. The fraction of sp³-hybridized carbons (Fsp3) is 0.412. The molecule has 0 aliphatic carbocycles. The van der Waals surface area contributed by atoms with Crippen LogP contribution in [0.2, 0.25) is 0 Å². The van der Waals surface area contributed by atoms with E-state index in [0.717, 1.165) is 0 Å². The third kappa shape index (κ3) is 5.03. The fourth-order valence-corrected chi connectivity index (χ4v) is 2.65. The Labute approximate surface area is 151 Å². The van der Waals surface area contributed by atoms with E-state index in [4.69, 9.17) is 0 Å². The van der Waals surface area contributed by atoms with Gasteiger partial charge in [0.1, 0.15) is 6.04 Å². The second-order valence-corrected chi connectivity index (χ2v) is 5.76. The molecule has 0 aromatic heterocycles. The van der Waals surface area contributed by atoms with Gasteiger partial charge in [-0.2, -0.15) is 0 Å². The van der Waals surface area contributed by atoms with Gasteiger partial charge in [0, 0.05) is 31.4 Å². The molecule has 1 atom stereocenters. The lowest BCUT2D eigenvalue weighted by Crippen LogP contribution is -2.57. The lowest BCUT2D eigenvalue weighted by Gasteiger charge is -2.33. The molecular formula is C17H22N4O5. The van der Waals surface area contributed by atoms with Crippen molar-refractivity contribution in [3.63, 3.8) is 0 Å². The number of hydrogen-bond donors (Lipinski definition) is 3. The molecule has 9 heteroatoms. The van der Waals surface area contributed by atoms with Gasteiger partial charge >= 0.3 is 5.97 Å². The van der Waals surface area contributed by atoms with E-state index in [1.54, 1.807) is 29.2 Å². The minimum atomic E-state index is -0.738. The van der Waals surface area contributed by atoms with Crippen molar-refractivity contribution in [2.45, 2.75) is 12.5 Å². The number of benzene rings is 1. The molecule has 0 bridgehead atoms. The molecule has 0 spiro atoms. The average molecular weight is 362 g/mol. The van der Waals surface area contributed by atoms with Crippen molar-refractivity contribution in [2.75, 3.05) is 39.1 Å². The summed E-state index contributed by atoms with van der Waals surface area (Å²) in [5.74, 6) is -1.35. The molecule has 2 rings (SSSR count). The second-order valence-electron chi connectivity index (χ2n) is 5.76. The van der Waals surface area contributed by atoms with E-state index in [2.05, 4.69) is 20.7 Å². The van der Waals surface area contributed by atoms with Gasteiger partial charge in [0.2, 0.25) is 11.8 Å². The fourth-order valence-electron chi connectivity index (χ4n) is 2.65. The lowest BCUT2D eigenvalue weighted by atomic mass is 10.1. The van der Waals surface area contributed by atoms with E-state index >= 15 is 0 Å². The molecule has 1 unspecified atom stereocenters. The summed E-state index contributed by atoms with van der Waals surface area (Å²) >= 11 is 0. The number of nitrogens with one attached hydrogen (secondary N) is 3. The second kappa shape index (κ2) is 8.95. The molecule has 26 heavy (non-hydrogen) atoms. The number of carbonyl (C=O) groups is 4. The largest absolute Gasteiger partial charge is 0.469 e. The first-order valence-electron chi connectivity index (χ1n) is 8.15. The molecule has 1 fully saturated rings. The molecule has 1 heterocycles. The number of nitrogens with zero attached hydrogens (tertiary/aromatic N) is 1. The zero-order valence-electron chi connectivity index (χ0n) is 14.7. The SMILES string of the molecule is CNC(=O)c1ccc(NC(=O)CN2CCNC(=O)C2CC(=O)OC)cc1. The van der Waals surface area contributed by atoms with Crippen molar-refractivity contribution < 1.29 is 23.9 Å². The number of piperazine rings is 1. The third-order valence-corrected chi connectivity index (χ3v) is 4.03. The number of rotatable bonds is 6. The Hall–Kier alpha value is -2.94. The van der Waals surface area contributed by atoms with Crippen LogP contribution < -0.4 is 16.0 Å². The number of methoxy groups -OCH3 is 1. The molecule has 9 nitrogen and oxygen atoms in total. The monoisotopic (exact) mass is 362 g/mol. The van der Waals surface area contributed by atoms with Crippen molar-refractivity contribution in [1.82, 2.24) is 15.5 Å². The van der Waals surface area contributed by atoms with Crippen molar-refractivity contribution in [3.05, 3.63) is 29.8 Å². The summed E-state index contributed by atoms with van der Waals surface area (Å²) in [5.41, 5.74) is 1.02. The maximum atomic E-state index is 12.3. The molecule has 3 N–H and O–H groups in total. The van der Waals surface area contributed by atoms with Crippen LogP contribution in [0.3, 0.4) is 0 Å². The van der Waals surface area contributed by atoms with Crippen LogP contribution in [0.15, 0.2) is 24.3 Å². The van der Waals surface area contributed by atoms with Crippen molar-refractivity contribution in [1.29, 1.82) is 0 Å². The zero-order valence-corrected chi connectivity index (χ0v) is 14.7. The van der Waals surface area contributed by atoms with Gasteiger partial charge < -0.3 is 20.7 Å². The Morgan fingerprint density at radius 3 is 2.58 bits per heavy atom. The van der Waals surface area contributed by atoms with Crippen molar-refractivity contribution in [3.8, 4) is 0 Å². The molecule has 1 aliphatic rings. The molecule has 140 valence electrons. The van der Waals surface area contributed by atoms with E-state index in [1.165, 1.54) is 14.2 Å². The van der Waals surface area contributed by atoms with Gasteiger partial charge in [0.15, 0.2) is 0 Å². The first-order valence-corrected chi connectivity index (χ1v) is 8.15. The third-order valence-electron chi connectivity index (χ3n) is 4.03. The van der Waals surface area contributed by atoms with E-state index in [9.17, 15) is 19.2 Å². The summed E-state index contributed by atoms with van der Waals surface area (Å²) in [4.78, 5) is 48.9. The first-order chi connectivity index (χ1) is 12.4. The summed E-state index contributed by atoms with van der Waals surface area (Å²) in [6, 6.07) is 5.71. The highest BCUT2D eigenvalue weighted by atomic mass is 16.5. The molecule has 0 radical (unpaired) electrons. The normalized spacial score (nSPS) is 17.2. The Morgan fingerprint density at radius 2 is 1.96 bits per heavy atom. The van der Waals surface area contributed by atoms with Crippen molar-refractivity contribution >= 4 is 29.4 Å². The Bertz CT molecular complexity index is 689. The van der Waals surface area contributed by atoms with Crippen LogP contribution in [0.25, 0.3) is 0 Å². The van der Waals surface area contributed by atoms with Gasteiger partial charge in [-0.15, -0.1) is 0 Å². The van der Waals surface area contributed by atoms with E-state index in [1.807, 2.05) is 0 Å². The Kier molecular flexibility index (Phi) is 6.67. The lowest BCUT2D eigenvalue weighted by molar-refractivity contribution is -0.146. The summed E-state index contributed by atoms with van der Waals surface area (Å²) in [7, 11) is 2.79. The molecule has 1 aliphatic heterocycles. The van der Waals surface area contributed by atoms with Crippen LogP contribution in [-0.4, -0.2) is 68.4 Å². The molecule has 0 saturated carbocycles. The quantitative estimate of drug-likeness (QED) is 0.579. The highest BCUT2D eigenvalue weighted by Crippen LogP contribution is 2.12. The average Bonchev–Trinajstić information content (AvgIpc) is 2.64. The molecule has 1 aromatic rings. The number of anilines is 1. The maximum Gasteiger partial charge on any atom is 0.307 e. The van der Waals surface area contributed by atoms with Crippen LogP contribution in [-0.2, 0) is 19.1 Å². The maximum absolute atomic E-state index is 12.3. The number of esters is 1. The predicted octanol–water partition coefficient (Wildman–Crippen LogP) is -0.652. The van der Waals surface area contributed by atoms with E-state index < -0.39 is 12.0 Å². The van der Waals surface area contributed by atoms with Gasteiger partial charge in [-0.25, -0.2) is 0 Å². The van der Waals surface area contributed by atoms with Crippen LogP contribution in [0.5, 0.6) is 0 Å². The summed E-state index contributed by atoms with van der Waals surface area (Å²) in [6.45, 7) is 0.827. The Balaban J connectivity index is 1.97. The molecule has 1 aromatic carbocycles. The number of carbonyl (C=O) groups excluding carboxylic acids is 4. The standard InChI is InChI=1S/C17H22N4O5/c1-18-16(24)11-3-5-12(6-4-11)20-14(22)10-21-8-7-19-17(25)13(21)9-15(23)26-2/h3-6,13H,7-10H2,1-2H3,(H,18,24)(H,19,25)(H,20,22). The minimum absolute atomic E-state index is 0.0354. The highest BCUT2D eigenvalue weighted by Gasteiger charge is 2.33. The van der Waals surface area contributed by atoms with E-state index in [-0.39, 0.29) is 30.7 Å². The van der Waals surface area contributed by atoms with Crippen LogP contribution >= 0.6 is 0 Å². The molecule has 3 amide bonds. The zero-order chi connectivity index (χ0) is 19.1. The number of ether oxygens (including phenoxy) is 1. The first kappa shape index (κ1) is 19.4. The topological polar surface area (TPSA) is 117 Å². The number of hydrogen-bond acceptors (Lipinski definition) is 6. The minimum Gasteiger partial charge on any atom is -0.469 e. The van der Waals surface area contributed by atoms with Gasteiger partial charge in [0.05, 0.1) is 20.1 Å². The van der Waals surface area contributed by atoms with Crippen LogP contribution in [0.1, 0.15) is 16.8 Å². The smallest absolute Gasteiger partial charge is 0.307 e. The van der Waals surface area contributed by atoms with Gasteiger partial charge in [0.25, 0.3) is 5.91 Å². The van der Waals surface area contributed by atoms with Gasteiger partial charge in [-0.05, 0) is 24.3 Å². The van der Waals surface area contributed by atoms with Gasteiger partial charge in [-0.3, -0.25) is 24.1 Å². The van der Waals surface area contributed by atoms with E-state index in [0.29, 0.717) is 24.3 Å². The summed E-state index contributed by atoms with van der Waals surface area (Å²) < 4.78 is 4.61. The van der Waals surface area contributed by atoms with Crippen LogP contribution in [0, 0.1) is 0 Å². The summed E-state index contributed by atoms with van der Waals surface area (Å²) in [5, 5.41) is 7.91. The van der Waals surface area contributed by atoms with Crippen LogP contribution in [0.4, 0.5) is 5.69 Å². The highest BCUT2D eigenvalue weighted by molar-refractivity contribution is 5.96. The summed E-state index contributed by atoms with van der Waals surface area (Å²) in [6.07, 6.45) is -0.115. The number of amides is 3. The molecular weight excluding hydrogens is 340 g/mol. The van der Waals surface area contributed by atoms with Gasteiger partial charge in [-0.1, -0.05) is 0 Å². The Morgan fingerprint density at radius 1 is 1.27 bits per heavy atom.